The number of H-pyrrole nitrogens is 1. The topological polar surface area (TPSA) is 74.9 Å². The molecule has 0 saturated carbocycles. The minimum atomic E-state index is -0.0537. The van der Waals surface area contributed by atoms with E-state index in [1.54, 1.807) is 46.5 Å². The molecule has 0 radical (unpaired) electrons. The predicted octanol–water partition coefficient (Wildman–Crippen LogP) is 1.34. The number of nitrogens with one attached hydrogen (secondary N) is 1. The smallest absolute Gasteiger partial charge is 0.255 e. The minimum Gasteiger partial charge on any atom is -0.454 e. The fourth-order valence-electron chi connectivity index (χ4n) is 2.96. The van der Waals surface area contributed by atoms with Gasteiger partial charge in [0.15, 0.2) is 11.5 Å². The molecule has 0 atom stereocenters. The van der Waals surface area contributed by atoms with Gasteiger partial charge in [-0.05, 0) is 24.3 Å². The average molecular weight is 327 g/mol. The van der Waals surface area contributed by atoms with Gasteiger partial charge in [-0.25, -0.2) is 0 Å². The third kappa shape index (κ3) is 2.58. The van der Waals surface area contributed by atoms with Crippen molar-refractivity contribution >= 4 is 11.8 Å². The van der Waals surface area contributed by atoms with Gasteiger partial charge in [0.2, 0.25) is 6.79 Å². The Kier molecular flexibility index (Phi) is 3.60. The lowest BCUT2D eigenvalue weighted by Crippen LogP contribution is -2.50. The van der Waals surface area contributed by atoms with Crippen molar-refractivity contribution in [3.8, 4) is 11.5 Å². The second-order valence-electron chi connectivity index (χ2n) is 5.75. The molecule has 2 aromatic rings. The molecule has 2 aliphatic heterocycles. The van der Waals surface area contributed by atoms with E-state index in [4.69, 9.17) is 9.47 Å². The molecule has 1 N–H and O–H groups in total. The number of aromatic amines is 1. The third-order valence-electron chi connectivity index (χ3n) is 4.32. The van der Waals surface area contributed by atoms with Crippen molar-refractivity contribution in [2.45, 2.75) is 0 Å². The number of hydrogen-bond acceptors (Lipinski definition) is 4. The number of carbonyl (C=O) groups is 2. The van der Waals surface area contributed by atoms with Gasteiger partial charge in [-0.1, -0.05) is 0 Å². The van der Waals surface area contributed by atoms with Crippen molar-refractivity contribution < 1.29 is 19.1 Å². The van der Waals surface area contributed by atoms with Gasteiger partial charge in [-0.15, -0.1) is 0 Å². The van der Waals surface area contributed by atoms with Crippen LogP contribution < -0.4 is 9.47 Å². The summed E-state index contributed by atoms with van der Waals surface area (Å²) in [6, 6.07) is 6.96. The molecule has 1 fully saturated rings. The van der Waals surface area contributed by atoms with Crippen LogP contribution >= 0.6 is 0 Å². The maximum Gasteiger partial charge on any atom is 0.255 e. The standard InChI is InChI=1S/C17H17N3O4/c21-16(12-1-2-14-15(9-12)24-11-23-14)19-5-7-20(8-6-19)17(22)13-3-4-18-10-13/h1-4,9-10,18H,5-8,11H2. The van der Waals surface area contributed by atoms with E-state index in [-0.39, 0.29) is 18.6 Å². The SMILES string of the molecule is O=C(c1cc[nH]c1)N1CCN(C(=O)c2ccc3c(c2)OCO3)CC1. The van der Waals surface area contributed by atoms with E-state index in [1.807, 2.05) is 0 Å². The van der Waals surface area contributed by atoms with E-state index in [0.29, 0.717) is 48.8 Å². The molecule has 24 heavy (non-hydrogen) atoms. The summed E-state index contributed by atoms with van der Waals surface area (Å²) < 4.78 is 10.6. The van der Waals surface area contributed by atoms with Gasteiger partial charge >= 0.3 is 0 Å². The van der Waals surface area contributed by atoms with E-state index >= 15 is 0 Å². The van der Waals surface area contributed by atoms with E-state index < -0.39 is 0 Å². The molecule has 0 spiro atoms. The van der Waals surface area contributed by atoms with Crippen LogP contribution in [0.4, 0.5) is 0 Å². The van der Waals surface area contributed by atoms with Gasteiger partial charge in [0.1, 0.15) is 0 Å². The van der Waals surface area contributed by atoms with E-state index in [1.165, 1.54) is 0 Å². The first kappa shape index (κ1) is 14.6. The van der Waals surface area contributed by atoms with Gasteiger partial charge in [0.05, 0.1) is 5.56 Å². The maximum absolute atomic E-state index is 12.6. The van der Waals surface area contributed by atoms with Gasteiger partial charge in [0.25, 0.3) is 11.8 Å². The minimum absolute atomic E-state index is 0.00794. The van der Waals surface area contributed by atoms with Gasteiger partial charge < -0.3 is 24.3 Å². The van der Waals surface area contributed by atoms with E-state index in [2.05, 4.69) is 4.98 Å². The van der Waals surface area contributed by atoms with Crippen molar-refractivity contribution in [2.75, 3.05) is 33.0 Å². The molecule has 7 heteroatoms. The number of piperazine rings is 1. The first-order valence-corrected chi connectivity index (χ1v) is 7.83. The second-order valence-corrected chi connectivity index (χ2v) is 5.75. The monoisotopic (exact) mass is 327 g/mol. The second kappa shape index (κ2) is 5.92. The Labute approximate surface area is 138 Å². The summed E-state index contributed by atoms with van der Waals surface area (Å²) in [6.07, 6.45) is 3.42. The van der Waals surface area contributed by atoms with Gasteiger partial charge in [-0.2, -0.15) is 0 Å². The van der Waals surface area contributed by atoms with Crippen LogP contribution in [0.5, 0.6) is 11.5 Å². The van der Waals surface area contributed by atoms with Crippen LogP contribution in [0.25, 0.3) is 0 Å². The molecular weight excluding hydrogens is 310 g/mol. The summed E-state index contributed by atoms with van der Waals surface area (Å²) in [5, 5.41) is 0. The summed E-state index contributed by atoms with van der Waals surface area (Å²) >= 11 is 0. The lowest BCUT2D eigenvalue weighted by molar-refractivity contribution is 0.0535. The lowest BCUT2D eigenvalue weighted by Gasteiger charge is -2.34. The quantitative estimate of drug-likeness (QED) is 0.903. The Bertz CT molecular complexity index is 764. The number of carbonyl (C=O) groups excluding carboxylic acids is 2. The van der Waals surface area contributed by atoms with Crippen molar-refractivity contribution in [1.29, 1.82) is 0 Å². The van der Waals surface area contributed by atoms with E-state index in [0.717, 1.165) is 0 Å². The number of ether oxygens (including phenoxy) is 2. The zero-order valence-corrected chi connectivity index (χ0v) is 13.0. The highest BCUT2D eigenvalue weighted by Crippen LogP contribution is 2.32. The van der Waals surface area contributed by atoms with Crippen molar-refractivity contribution in [3.05, 3.63) is 47.8 Å². The summed E-state index contributed by atoms with van der Waals surface area (Å²) in [6.45, 7) is 2.28. The summed E-state index contributed by atoms with van der Waals surface area (Å²) in [5.41, 5.74) is 1.22. The number of rotatable bonds is 2. The molecule has 7 nitrogen and oxygen atoms in total. The molecule has 1 saturated heterocycles. The Balaban J connectivity index is 1.40. The Morgan fingerprint density at radius 1 is 0.875 bits per heavy atom. The predicted molar refractivity (Wildman–Crippen MR) is 85.2 cm³/mol. The van der Waals surface area contributed by atoms with E-state index in [9.17, 15) is 9.59 Å². The number of fused-ring (bicyclic) bond motifs is 1. The summed E-state index contributed by atoms with van der Waals surface area (Å²) in [7, 11) is 0. The normalized spacial score (nSPS) is 16.3. The van der Waals surface area contributed by atoms with Gasteiger partial charge in [0, 0.05) is 44.1 Å². The Morgan fingerprint density at radius 2 is 1.54 bits per heavy atom. The first-order valence-electron chi connectivity index (χ1n) is 7.83. The molecule has 2 aliphatic rings. The zero-order valence-electron chi connectivity index (χ0n) is 13.0. The molecule has 0 bridgehead atoms. The first-order chi connectivity index (χ1) is 11.7. The van der Waals surface area contributed by atoms with Crippen LogP contribution in [0.3, 0.4) is 0 Å². The number of amides is 2. The number of aromatic nitrogens is 1. The summed E-state index contributed by atoms with van der Waals surface area (Å²) in [4.78, 5) is 31.4. The third-order valence-corrected chi connectivity index (χ3v) is 4.32. The summed E-state index contributed by atoms with van der Waals surface area (Å²) in [5.74, 6) is 1.20. The van der Waals surface area contributed by atoms with Crippen LogP contribution in [0.2, 0.25) is 0 Å². The fourth-order valence-corrected chi connectivity index (χ4v) is 2.96. The fraction of sp³-hybridized carbons (Fsp3) is 0.294. The lowest BCUT2D eigenvalue weighted by atomic mass is 10.1. The average Bonchev–Trinajstić information content (AvgIpc) is 3.31. The van der Waals surface area contributed by atoms with Crippen molar-refractivity contribution in [3.63, 3.8) is 0 Å². The van der Waals surface area contributed by atoms with Crippen molar-refractivity contribution in [1.82, 2.24) is 14.8 Å². The maximum atomic E-state index is 12.6. The molecule has 2 amide bonds. The highest BCUT2D eigenvalue weighted by Gasteiger charge is 2.26. The van der Waals surface area contributed by atoms with Crippen LogP contribution in [-0.2, 0) is 0 Å². The number of nitrogens with zero attached hydrogens (tertiary/aromatic N) is 2. The molecule has 0 aliphatic carbocycles. The van der Waals surface area contributed by atoms with Crippen LogP contribution in [0, 0.1) is 0 Å². The molecule has 3 heterocycles. The van der Waals surface area contributed by atoms with Gasteiger partial charge in [-0.3, -0.25) is 9.59 Å². The Hall–Kier alpha value is -2.96. The Morgan fingerprint density at radius 3 is 2.21 bits per heavy atom. The zero-order chi connectivity index (χ0) is 16.5. The molecule has 0 unspecified atom stereocenters. The molecule has 124 valence electrons. The van der Waals surface area contributed by atoms with Crippen LogP contribution in [0.15, 0.2) is 36.7 Å². The molecular formula is C17H17N3O4. The largest absolute Gasteiger partial charge is 0.454 e. The number of benzene rings is 1. The van der Waals surface area contributed by atoms with Crippen LogP contribution in [-0.4, -0.2) is 59.6 Å². The van der Waals surface area contributed by atoms with Crippen LogP contribution in [0.1, 0.15) is 20.7 Å². The molecule has 1 aromatic carbocycles. The molecule has 1 aromatic heterocycles. The van der Waals surface area contributed by atoms with Crippen molar-refractivity contribution in [2.24, 2.45) is 0 Å². The molecule has 4 rings (SSSR count). The highest BCUT2D eigenvalue weighted by molar-refractivity contribution is 5.96. The highest BCUT2D eigenvalue weighted by atomic mass is 16.7. The number of hydrogen-bond donors (Lipinski definition) is 1.